The molecular formula is C25H24N4O4. The normalized spacial score (nSPS) is 13.5. The van der Waals surface area contributed by atoms with Gasteiger partial charge in [0.15, 0.2) is 0 Å². The molecule has 3 aromatic rings. The quantitative estimate of drug-likeness (QED) is 0.472. The summed E-state index contributed by atoms with van der Waals surface area (Å²) in [6.07, 6.45) is 0. The minimum atomic E-state index is -0.528. The number of amides is 2. The van der Waals surface area contributed by atoms with Crippen LogP contribution >= 0.6 is 0 Å². The summed E-state index contributed by atoms with van der Waals surface area (Å²) < 4.78 is 0. The van der Waals surface area contributed by atoms with E-state index in [4.69, 9.17) is 0 Å². The highest BCUT2D eigenvalue weighted by atomic mass is 16.6. The van der Waals surface area contributed by atoms with Gasteiger partial charge in [-0.25, -0.2) is 0 Å². The number of nitro benzene ring substituents is 1. The second kappa shape index (κ2) is 9.52. The highest BCUT2D eigenvalue weighted by Gasteiger charge is 2.22. The number of non-ortho nitro benzene ring substituents is 1. The Kier molecular flexibility index (Phi) is 6.35. The van der Waals surface area contributed by atoms with Gasteiger partial charge >= 0.3 is 0 Å². The molecule has 8 heteroatoms. The fourth-order valence-electron chi connectivity index (χ4n) is 3.77. The Morgan fingerprint density at radius 2 is 1.55 bits per heavy atom. The highest BCUT2D eigenvalue weighted by Crippen LogP contribution is 2.21. The van der Waals surface area contributed by atoms with Crippen molar-refractivity contribution in [1.82, 2.24) is 4.90 Å². The molecule has 0 atom stereocenters. The number of nitro groups is 1. The van der Waals surface area contributed by atoms with Crippen molar-refractivity contribution >= 4 is 28.9 Å². The van der Waals surface area contributed by atoms with Gasteiger partial charge in [0.2, 0.25) is 0 Å². The molecule has 4 rings (SSSR count). The van der Waals surface area contributed by atoms with E-state index in [-0.39, 0.29) is 17.2 Å². The number of rotatable bonds is 5. The Morgan fingerprint density at radius 3 is 2.18 bits per heavy atom. The number of carbonyl (C=O) groups is 2. The van der Waals surface area contributed by atoms with Crippen molar-refractivity contribution in [1.29, 1.82) is 0 Å². The van der Waals surface area contributed by atoms with Crippen molar-refractivity contribution in [2.24, 2.45) is 0 Å². The zero-order valence-corrected chi connectivity index (χ0v) is 18.2. The molecule has 0 bridgehead atoms. The lowest BCUT2D eigenvalue weighted by Crippen LogP contribution is -2.48. The van der Waals surface area contributed by atoms with Gasteiger partial charge in [0, 0.05) is 60.8 Å². The maximum absolute atomic E-state index is 12.7. The van der Waals surface area contributed by atoms with Crippen LogP contribution in [0.15, 0.2) is 72.8 Å². The van der Waals surface area contributed by atoms with Gasteiger partial charge in [-0.1, -0.05) is 23.8 Å². The molecule has 33 heavy (non-hydrogen) atoms. The van der Waals surface area contributed by atoms with E-state index in [0.29, 0.717) is 24.3 Å². The summed E-state index contributed by atoms with van der Waals surface area (Å²) in [5, 5.41) is 13.7. The van der Waals surface area contributed by atoms with Gasteiger partial charge in [-0.15, -0.1) is 0 Å². The van der Waals surface area contributed by atoms with Crippen LogP contribution in [0.25, 0.3) is 0 Å². The Bertz CT molecular complexity index is 1170. The van der Waals surface area contributed by atoms with Crippen molar-refractivity contribution in [3.63, 3.8) is 0 Å². The van der Waals surface area contributed by atoms with Crippen LogP contribution in [0.3, 0.4) is 0 Å². The van der Waals surface area contributed by atoms with E-state index >= 15 is 0 Å². The lowest BCUT2D eigenvalue weighted by Gasteiger charge is -2.36. The number of carbonyl (C=O) groups excluding carboxylic acids is 2. The number of hydrogen-bond acceptors (Lipinski definition) is 5. The molecule has 168 valence electrons. The Hall–Kier alpha value is -4.20. The molecule has 1 heterocycles. The number of aryl methyl sites for hydroxylation is 1. The smallest absolute Gasteiger partial charge is 0.270 e. The summed E-state index contributed by atoms with van der Waals surface area (Å²) >= 11 is 0. The topological polar surface area (TPSA) is 95.8 Å². The Labute approximate surface area is 191 Å². The lowest BCUT2D eigenvalue weighted by atomic mass is 10.1. The van der Waals surface area contributed by atoms with Gasteiger partial charge in [-0.05, 0) is 49.4 Å². The van der Waals surface area contributed by atoms with Crippen molar-refractivity contribution in [3.05, 3.63) is 99.6 Å². The van der Waals surface area contributed by atoms with Crippen LogP contribution in [-0.2, 0) is 0 Å². The molecule has 1 aliphatic rings. The average molecular weight is 444 g/mol. The van der Waals surface area contributed by atoms with Crippen molar-refractivity contribution < 1.29 is 14.5 Å². The number of piperazine rings is 1. The summed E-state index contributed by atoms with van der Waals surface area (Å²) in [5.41, 5.74) is 3.54. The van der Waals surface area contributed by atoms with Crippen molar-refractivity contribution in [2.45, 2.75) is 6.92 Å². The summed E-state index contributed by atoms with van der Waals surface area (Å²) in [4.78, 5) is 39.6. The van der Waals surface area contributed by atoms with Gasteiger partial charge in [0.1, 0.15) is 0 Å². The number of nitrogens with zero attached hydrogens (tertiary/aromatic N) is 3. The Morgan fingerprint density at radius 1 is 0.879 bits per heavy atom. The van der Waals surface area contributed by atoms with Crippen LogP contribution < -0.4 is 10.2 Å². The molecule has 2 amide bonds. The highest BCUT2D eigenvalue weighted by molar-refractivity contribution is 6.04. The van der Waals surface area contributed by atoms with Crippen molar-refractivity contribution in [3.8, 4) is 0 Å². The largest absolute Gasteiger partial charge is 0.368 e. The van der Waals surface area contributed by atoms with Gasteiger partial charge < -0.3 is 15.1 Å². The molecule has 8 nitrogen and oxygen atoms in total. The van der Waals surface area contributed by atoms with Crippen LogP contribution in [0.5, 0.6) is 0 Å². The van der Waals surface area contributed by atoms with E-state index < -0.39 is 10.8 Å². The monoisotopic (exact) mass is 444 g/mol. The summed E-state index contributed by atoms with van der Waals surface area (Å²) in [5.74, 6) is -0.358. The zero-order valence-electron chi connectivity index (χ0n) is 18.2. The fourth-order valence-corrected chi connectivity index (χ4v) is 3.77. The average Bonchev–Trinajstić information content (AvgIpc) is 2.85. The predicted octanol–water partition coefficient (Wildman–Crippen LogP) is 4.12. The van der Waals surface area contributed by atoms with Gasteiger partial charge in [0.25, 0.3) is 17.5 Å². The second-order valence-electron chi connectivity index (χ2n) is 7.95. The van der Waals surface area contributed by atoms with Crippen molar-refractivity contribution in [2.75, 3.05) is 36.4 Å². The third-order valence-corrected chi connectivity index (χ3v) is 5.67. The van der Waals surface area contributed by atoms with Crippen LogP contribution in [0.4, 0.5) is 17.1 Å². The Balaban J connectivity index is 1.34. The number of hydrogen-bond donors (Lipinski definition) is 1. The van der Waals surface area contributed by atoms with E-state index in [9.17, 15) is 19.7 Å². The number of benzene rings is 3. The van der Waals surface area contributed by atoms with Gasteiger partial charge in [-0.2, -0.15) is 0 Å². The molecule has 0 aromatic heterocycles. The fraction of sp³-hybridized carbons (Fsp3) is 0.200. The summed E-state index contributed by atoms with van der Waals surface area (Å²) in [6, 6.07) is 20.7. The van der Waals surface area contributed by atoms with E-state index in [1.807, 2.05) is 48.2 Å². The summed E-state index contributed by atoms with van der Waals surface area (Å²) in [7, 11) is 0. The molecule has 1 saturated heterocycles. The summed E-state index contributed by atoms with van der Waals surface area (Å²) in [6.45, 7) is 4.71. The standard InChI is InChI=1S/C25H24N4O4/c1-18-5-7-19(8-6-18)25(31)28-15-13-27(14-16-28)22-11-9-21(10-12-22)26-24(30)20-3-2-4-23(17-20)29(32)33/h2-12,17H,13-16H2,1H3,(H,26,30). The first-order valence-corrected chi connectivity index (χ1v) is 10.7. The zero-order chi connectivity index (χ0) is 23.4. The van der Waals surface area contributed by atoms with Crippen LogP contribution in [0.1, 0.15) is 26.3 Å². The van der Waals surface area contributed by atoms with Crippen LogP contribution in [0.2, 0.25) is 0 Å². The van der Waals surface area contributed by atoms with Gasteiger partial charge in [-0.3, -0.25) is 19.7 Å². The molecule has 1 N–H and O–H groups in total. The van der Waals surface area contributed by atoms with Crippen LogP contribution in [0, 0.1) is 17.0 Å². The third kappa shape index (κ3) is 5.17. The molecule has 3 aromatic carbocycles. The van der Waals surface area contributed by atoms with E-state index in [1.54, 1.807) is 12.1 Å². The third-order valence-electron chi connectivity index (χ3n) is 5.67. The maximum Gasteiger partial charge on any atom is 0.270 e. The van der Waals surface area contributed by atoms with E-state index in [1.165, 1.54) is 24.3 Å². The molecular weight excluding hydrogens is 420 g/mol. The maximum atomic E-state index is 12.7. The minimum Gasteiger partial charge on any atom is -0.368 e. The number of anilines is 2. The number of nitrogens with one attached hydrogen (secondary N) is 1. The second-order valence-corrected chi connectivity index (χ2v) is 7.95. The first kappa shape index (κ1) is 22.0. The minimum absolute atomic E-state index is 0.0499. The van der Waals surface area contributed by atoms with Gasteiger partial charge in [0.05, 0.1) is 4.92 Å². The molecule has 1 aliphatic heterocycles. The molecule has 0 unspecified atom stereocenters. The predicted molar refractivity (Wildman–Crippen MR) is 127 cm³/mol. The molecule has 0 spiro atoms. The van der Waals surface area contributed by atoms with E-state index in [0.717, 1.165) is 24.3 Å². The molecule has 0 saturated carbocycles. The van der Waals surface area contributed by atoms with Crippen LogP contribution in [-0.4, -0.2) is 47.8 Å². The van der Waals surface area contributed by atoms with E-state index in [2.05, 4.69) is 10.2 Å². The molecule has 0 radical (unpaired) electrons. The lowest BCUT2D eigenvalue weighted by molar-refractivity contribution is -0.384. The first-order chi connectivity index (χ1) is 15.9. The molecule has 0 aliphatic carbocycles. The SMILES string of the molecule is Cc1ccc(C(=O)N2CCN(c3ccc(NC(=O)c4cccc([N+](=O)[O-])c4)cc3)CC2)cc1. The molecule has 1 fully saturated rings. The first-order valence-electron chi connectivity index (χ1n) is 10.7.